The highest BCUT2D eigenvalue weighted by Gasteiger charge is 2.29. The van der Waals surface area contributed by atoms with Gasteiger partial charge >= 0.3 is 0 Å². The topological polar surface area (TPSA) is 78.6 Å². The fourth-order valence-corrected chi connectivity index (χ4v) is 4.07. The number of hydrogen-bond donors (Lipinski definition) is 0. The Morgan fingerprint density at radius 3 is 2.52 bits per heavy atom. The third kappa shape index (κ3) is 3.51. The third-order valence-electron chi connectivity index (χ3n) is 5.56. The Hall–Kier alpha value is -3.45. The fraction of sp³-hybridized carbons (Fsp3) is 0.217. The Balaban J connectivity index is 1.51. The molecule has 1 atom stereocenters. The van der Waals surface area contributed by atoms with Crippen molar-refractivity contribution in [2.45, 2.75) is 18.8 Å². The number of ketones is 1. The number of rotatable bonds is 4. The standard InChI is InChI=1S/C23H19ClN4O3/c1-30-20-8-5-14(11-21(20)31-2)15-9-18-17(19(29)10-15)12-28-23(25-18)26-22(27-28)13-3-6-16(24)7-4-13/h3-8,11-12,15H,9-10H2,1-2H3/t15-/m0/s1. The van der Waals surface area contributed by atoms with E-state index in [0.29, 0.717) is 46.5 Å². The number of halogens is 1. The maximum atomic E-state index is 12.9. The molecular weight excluding hydrogens is 416 g/mol. The third-order valence-corrected chi connectivity index (χ3v) is 5.82. The molecule has 0 spiro atoms. The Labute approximate surface area is 183 Å². The first-order valence-corrected chi connectivity index (χ1v) is 10.2. The van der Waals surface area contributed by atoms with Crippen molar-refractivity contribution < 1.29 is 14.3 Å². The van der Waals surface area contributed by atoms with Crippen molar-refractivity contribution >= 4 is 23.2 Å². The zero-order chi connectivity index (χ0) is 21.5. The van der Waals surface area contributed by atoms with Crippen molar-refractivity contribution in [2.75, 3.05) is 14.2 Å². The van der Waals surface area contributed by atoms with Gasteiger partial charge in [-0.15, -0.1) is 5.10 Å². The van der Waals surface area contributed by atoms with E-state index in [4.69, 9.17) is 21.1 Å². The van der Waals surface area contributed by atoms with E-state index in [1.54, 1.807) is 37.1 Å². The highest BCUT2D eigenvalue weighted by atomic mass is 35.5. The van der Waals surface area contributed by atoms with Gasteiger partial charge in [-0.3, -0.25) is 4.79 Å². The molecule has 0 amide bonds. The molecule has 2 aromatic carbocycles. The molecule has 8 heteroatoms. The summed E-state index contributed by atoms with van der Waals surface area (Å²) in [4.78, 5) is 22.1. The van der Waals surface area contributed by atoms with Crippen LogP contribution in [-0.2, 0) is 6.42 Å². The van der Waals surface area contributed by atoms with Crippen LogP contribution in [-0.4, -0.2) is 39.6 Å². The smallest absolute Gasteiger partial charge is 0.252 e. The highest BCUT2D eigenvalue weighted by molar-refractivity contribution is 6.30. The van der Waals surface area contributed by atoms with Gasteiger partial charge in [0.25, 0.3) is 5.78 Å². The lowest BCUT2D eigenvalue weighted by Gasteiger charge is -2.23. The summed E-state index contributed by atoms with van der Waals surface area (Å²) >= 11 is 5.97. The van der Waals surface area contributed by atoms with Crippen LogP contribution in [0.5, 0.6) is 11.5 Å². The predicted molar refractivity (Wildman–Crippen MR) is 116 cm³/mol. The second kappa shape index (κ2) is 7.67. The second-order valence-electron chi connectivity index (χ2n) is 7.43. The van der Waals surface area contributed by atoms with Gasteiger partial charge in [-0.05, 0) is 54.3 Å². The van der Waals surface area contributed by atoms with Crippen LogP contribution >= 0.6 is 11.6 Å². The van der Waals surface area contributed by atoms with Crippen molar-refractivity contribution in [3.8, 4) is 22.9 Å². The van der Waals surface area contributed by atoms with E-state index in [1.165, 1.54) is 0 Å². The normalized spacial score (nSPS) is 15.7. The highest BCUT2D eigenvalue weighted by Crippen LogP contribution is 2.36. The lowest BCUT2D eigenvalue weighted by Crippen LogP contribution is -2.21. The number of methoxy groups -OCH3 is 2. The van der Waals surface area contributed by atoms with E-state index in [1.807, 2.05) is 30.3 Å². The van der Waals surface area contributed by atoms with Crippen LogP contribution in [0.1, 0.15) is 34.0 Å². The second-order valence-corrected chi connectivity index (χ2v) is 7.87. The number of hydrogen-bond acceptors (Lipinski definition) is 6. The van der Waals surface area contributed by atoms with Crippen LogP contribution in [0.2, 0.25) is 5.02 Å². The minimum atomic E-state index is 0.00779. The number of aromatic nitrogens is 4. The molecule has 2 aromatic heterocycles. The van der Waals surface area contributed by atoms with Gasteiger partial charge < -0.3 is 9.47 Å². The van der Waals surface area contributed by atoms with Gasteiger partial charge in [-0.1, -0.05) is 17.7 Å². The van der Waals surface area contributed by atoms with E-state index >= 15 is 0 Å². The first-order valence-electron chi connectivity index (χ1n) is 9.83. The molecule has 2 heterocycles. The molecule has 0 bridgehead atoms. The number of fused-ring (bicyclic) bond motifs is 2. The quantitative estimate of drug-likeness (QED) is 0.474. The van der Waals surface area contributed by atoms with Crippen molar-refractivity contribution in [1.29, 1.82) is 0 Å². The van der Waals surface area contributed by atoms with Gasteiger partial charge in [0.2, 0.25) is 0 Å². The summed E-state index contributed by atoms with van der Waals surface area (Å²) in [6, 6.07) is 13.1. The molecule has 0 N–H and O–H groups in total. The van der Waals surface area contributed by atoms with Gasteiger partial charge in [0, 0.05) is 23.2 Å². The van der Waals surface area contributed by atoms with Crippen LogP contribution in [0, 0.1) is 0 Å². The fourth-order valence-electron chi connectivity index (χ4n) is 3.95. The van der Waals surface area contributed by atoms with E-state index < -0.39 is 0 Å². The molecule has 0 saturated carbocycles. The Bertz CT molecular complexity index is 1300. The monoisotopic (exact) mass is 434 g/mol. The van der Waals surface area contributed by atoms with Crippen LogP contribution in [0.25, 0.3) is 17.2 Å². The minimum absolute atomic E-state index is 0.00779. The van der Waals surface area contributed by atoms with Crippen molar-refractivity contribution in [3.63, 3.8) is 0 Å². The molecule has 0 aliphatic heterocycles. The van der Waals surface area contributed by atoms with Crippen molar-refractivity contribution in [1.82, 2.24) is 19.6 Å². The average molecular weight is 435 g/mol. The molecule has 31 heavy (non-hydrogen) atoms. The van der Waals surface area contributed by atoms with Gasteiger partial charge in [0.1, 0.15) is 0 Å². The van der Waals surface area contributed by atoms with Crippen LogP contribution in [0.4, 0.5) is 0 Å². The van der Waals surface area contributed by atoms with Crippen LogP contribution < -0.4 is 9.47 Å². The summed E-state index contributed by atoms with van der Waals surface area (Å²) in [6.07, 6.45) is 2.77. The number of nitrogens with zero attached hydrogens (tertiary/aromatic N) is 4. The summed E-state index contributed by atoms with van der Waals surface area (Å²) in [5, 5.41) is 5.14. The van der Waals surface area contributed by atoms with E-state index in [9.17, 15) is 4.79 Å². The van der Waals surface area contributed by atoms with Crippen LogP contribution in [0.3, 0.4) is 0 Å². The average Bonchev–Trinajstić information content (AvgIpc) is 3.20. The lowest BCUT2D eigenvalue weighted by atomic mass is 9.82. The Morgan fingerprint density at radius 1 is 1.00 bits per heavy atom. The molecule has 0 radical (unpaired) electrons. The van der Waals surface area contributed by atoms with E-state index in [2.05, 4.69) is 15.1 Å². The minimum Gasteiger partial charge on any atom is -0.493 e. The van der Waals surface area contributed by atoms with Gasteiger partial charge in [0.15, 0.2) is 23.1 Å². The Morgan fingerprint density at radius 2 is 1.77 bits per heavy atom. The molecular formula is C23H19ClN4O3. The molecule has 1 aliphatic carbocycles. The molecule has 0 saturated heterocycles. The SMILES string of the molecule is COc1ccc([C@@H]2CC(=O)c3cn4nc(-c5ccc(Cl)cc5)nc4nc3C2)cc1OC. The summed E-state index contributed by atoms with van der Waals surface area (Å²) < 4.78 is 12.3. The summed E-state index contributed by atoms with van der Waals surface area (Å²) in [6.45, 7) is 0. The first-order chi connectivity index (χ1) is 15.1. The molecule has 0 unspecified atom stereocenters. The molecule has 7 nitrogen and oxygen atoms in total. The lowest BCUT2D eigenvalue weighted by molar-refractivity contribution is 0.0962. The van der Waals surface area contributed by atoms with Crippen LogP contribution in [0.15, 0.2) is 48.7 Å². The predicted octanol–water partition coefficient (Wildman–Crippen LogP) is 4.37. The van der Waals surface area contributed by atoms with Crippen molar-refractivity contribution in [3.05, 3.63) is 70.5 Å². The molecule has 0 fully saturated rings. The summed E-state index contributed by atoms with van der Waals surface area (Å²) in [7, 11) is 3.20. The van der Waals surface area contributed by atoms with E-state index in [-0.39, 0.29) is 11.7 Å². The summed E-state index contributed by atoms with van der Waals surface area (Å²) in [5.41, 5.74) is 3.18. The number of benzene rings is 2. The number of carbonyl (C=O) groups excluding carboxylic acids is 1. The number of carbonyl (C=O) groups is 1. The molecule has 5 rings (SSSR count). The largest absolute Gasteiger partial charge is 0.493 e. The first kappa shape index (κ1) is 19.5. The number of ether oxygens (including phenoxy) is 2. The number of Topliss-reactive ketones (excluding diaryl/α,β-unsaturated/α-hetero) is 1. The maximum absolute atomic E-state index is 12.9. The zero-order valence-corrected chi connectivity index (χ0v) is 17.8. The van der Waals surface area contributed by atoms with Gasteiger partial charge in [-0.25, -0.2) is 9.50 Å². The van der Waals surface area contributed by atoms with Crippen molar-refractivity contribution in [2.24, 2.45) is 0 Å². The molecule has 156 valence electrons. The summed E-state index contributed by atoms with van der Waals surface area (Å²) in [5.74, 6) is 2.35. The molecule has 4 aromatic rings. The van der Waals surface area contributed by atoms with E-state index in [0.717, 1.165) is 16.8 Å². The maximum Gasteiger partial charge on any atom is 0.252 e. The van der Waals surface area contributed by atoms with Gasteiger partial charge in [0.05, 0.1) is 25.5 Å². The van der Waals surface area contributed by atoms with Gasteiger partial charge in [-0.2, -0.15) is 4.98 Å². The Kier molecular flexibility index (Phi) is 4.82. The zero-order valence-electron chi connectivity index (χ0n) is 17.0. The molecule has 1 aliphatic rings.